The summed E-state index contributed by atoms with van der Waals surface area (Å²) in [6.45, 7) is 11.0. The number of hydrogen-bond donors (Lipinski definition) is 2. The van der Waals surface area contributed by atoms with Crippen molar-refractivity contribution in [3.63, 3.8) is 0 Å². The minimum atomic E-state index is 0.182. The minimum absolute atomic E-state index is 0.182. The molecule has 0 bridgehead atoms. The summed E-state index contributed by atoms with van der Waals surface area (Å²) in [5, 5.41) is 9.39. The van der Waals surface area contributed by atoms with Crippen LogP contribution in [0.2, 0.25) is 0 Å². The molecule has 132 valence electrons. The lowest BCUT2D eigenvalue weighted by Gasteiger charge is -2.32. The van der Waals surface area contributed by atoms with Gasteiger partial charge >= 0.3 is 6.02 Å². The molecule has 0 heterocycles. The molecule has 4 heteroatoms. The van der Waals surface area contributed by atoms with Gasteiger partial charge in [0.2, 0.25) is 0 Å². The van der Waals surface area contributed by atoms with Crippen LogP contribution in [0.1, 0.15) is 79.6 Å². The normalized spacial score (nSPS) is 21.8. The van der Waals surface area contributed by atoms with Crippen LogP contribution in [-0.4, -0.2) is 11.2 Å². The molecule has 23 heavy (non-hydrogen) atoms. The van der Waals surface area contributed by atoms with Crippen LogP contribution in [0.15, 0.2) is 28.6 Å². The molecule has 1 aliphatic rings. The fraction of sp³-hybridized carbons (Fsp3) is 0.737. The molecule has 0 aromatic carbocycles. The highest BCUT2D eigenvalue weighted by atomic mass is 16.6. The van der Waals surface area contributed by atoms with Gasteiger partial charge in [-0.3, -0.25) is 5.21 Å². The Morgan fingerprint density at radius 3 is 2.74 bits per heavy atom. The van der Waals surface area contributed by atoms with Crippen LogP contribution in [0.3, 0.4) is 0 Å². The summed E-state index contributed by atoms with van der Waals surface area (Å²) in [5.74, 6) is 1.25. The first-order chi connectivity index (χ1) is 10.9. The van der Waals surface area contributed by atoms with Gasteiger partial charge in [0.05, 0.1) is 0 Å². The topological polar surface area (TPSA) is 53.8 Å². The van der Waals surface area contributed by atoms with Gasteiger partial charge in [-0.15, -0.1) is 0 Å². The van der Waals surface area contributed by atoms with Gasteiger partial charge in [-0.25, -0.2) is 10.5 Å². The summed E-state index contributed by atoms with van der Waals surface area (Å²) in [6.07, 6.45) is 11.5. The van der Waals surface area contributed by atoms with E-state index >= 15 is 0 Å². The largest absolute Gasteiger partial charge is 0.429 e. The van der Waals surface area contributed by atoms with Crippen molar-refractivity contribution < 1.29 is 9.94 Å². The zero-order chi connectivity index (χ0) is 17.3. The van der Waals surface area contributed by atoms with Gasteiger partial charge in [0, 0.05) is 12.1 Å². The zero-order valence-electron chi connectivity index (χ0n) is 15.5. The molecule has 0 spiro atoms. The lowest BCUT2D eigenvalue weighted by atomic mass is 9.75. The molecule has 0 radical (unpaired) electrons. The Hall–Kier alpha value is -1.29. The van der Waals surface area contributed by atoms with E-state index in [4.69, 9.17) is 4.74 Å². The Morgan fingerprint density at radius 1 is 1.43 bits per heavy atom. The van der Waals surface area contributed by atoms with Crippen molar-refractivity contribution in [1.29, 1.82) is 0 Å². The summed E-state index contributed by atoms with van der Waals surface area (Å²) in [4.78, 5) is 4.51. The number of rotatable bonds is 7. The van der Waals surface area contributed by atoms with Crippen molar-refractivity contribution in [3.8, 4) is 0 Å². The monoisotopic (exact) mass is 322 g/mol. The molecular weight excluding hydrogens is 288 g/mol. The SMILES string of the molecule is CCCC=C(CCCC)OC(=NC1=CCC(C)(C)CC1C)NO. The number of unbranched alkanes of at least 4 members (excludes halogenated alkanes) is 2. The predicted molar refractivity (Wildman–Crippen MR) is 96.2 cm³/mol. The number of hydroxylamine groups is 1. The summed E-state index contributed by atoms with van der Waals surface area (Å²) in [5.41, 5.74) is 3.43. The van der Waals surface area contributed by atoms with Gasteiger partial charge in [-0.05, 0) is 43.1 Å². The summed E-state index contributed by atoms with van der Waals surface area (Å²) in [7, 11) is 0. The van der Waals surface area contributed by atoms with E-state index in [1.807, 2.05) is 0 Å². The molecule has 2 N–H and O–H groups in total. The van der Waals surface area contributed by atoms with E-state index < -0.39 is 0 Å². The molecule has 0 fully saturated rings. The van der Waals surface area contributed by atoms with E-state index in [9.17, 15) is 5.21 Å². The van der Waals surface area contributed by atoms with Crippen LogP contribution in [0, 0.1) is 11.3 Å². The fourth-order valence-corrected chi connectivity index (χ4v) is 2.92. The average Bonchev–Trinajstić information content (AvgIpc) is 2.50. The highest BCUT2D eigenvalue weighted by molar-refractivity contribution is 5.74. The number of allylic oxidation sites excluding steroid dienone is 4. The first-order valence-corrected chi connectivity index (χ1v) is 8.97. The van der Waals surface area contributed by atoms with Crippen LogP contribution in [-0.2, 0) is 4.74 Å². The average molecular weight is 322 g/mol. The lowest BCUT2D eigenvalue weighted by Crippen LogP contribution is -2.25. The molecule has 4 nitrogen and oxygen atoms in total. The Kier molecular flexibility index (Phi) is 8.38. The third-order valence-electron chi connectivity index (χ3n) is 4.22. The van der Waals surface area contributed by atoms with E-state index in [2.05, 4.69) is 57.2 Å². The third-order valence-corrected chi connectivity index (χ3v) is 4.22. The Morgan fingerprint density at radius 2 is 2.17 bits per heavy atom. The van der Waals surface area contributed by atoms with E-state index in [-0.39, 0.29) is 6.02 Å². The number of aliphatic imine (C=N–C) groups is 1. The highest BCUT2D eigenvalue weighted by Crippen LogP contribution is 2.38. The zero-order valence-corrected chi connectivity index (χ0v) is 15.5. The van der Waals surface area contributed by atoms with Crippen LogP contribution < -0.4 is 5.48 Å². The molecule has 0 aliphatic heterocycles. The van der Waals surface area contributed by atoms with Crippen molar-refractivity contribution in [2.45, 2.75) is 79.6 Å². The molecule has 0 aromatic rings. The van der Waals surface area contributed by atoms with E-state index in [1.165, 1.54) is 0 Å². The van der Waals surface area contributed by atoms with Gasteiger partial charge in [-0.2, -0.15) is 0 Å². The summed E-state index contributed by atoms with van der Waals surface area (Å²) < 4.78 is 5.82. The quantitative estimate of drug-likeness (QED) is 0.279. The first-order valence-electron chi connectivity index (χ1n) is 8.97. The number of nitrogens with one attached hydrogen (secondary N) is 1. The Labute approximate surface area is 141 Å². The molecule has 0 amide bonds. The molecular formula is C19H34N2O2. The minimum Gasteiger partial charge on any atom is -0.429 e. The molecule has 1 atom stereocenters. The Bertz CT molecular complexity index is 450. The second-order valence-electron chi connectivity index (χ2n) is 7.30. The fourth-order valence-electron chi connectivity index (χ4n) is 2.92. The molecule has 1 aliphatic carbocycles. The maximum atomic E-state index is 9.39. The second kappa shape index (κ2) is 9.76. The second-order valence-corrected chi connectivity index (χ2v) is 7.30. The third kappa shape index (κ3) is 7.21. The standard InChI is InChI=1S/C19H34N2O2/c1-6-8-10-16(11-9-7-2)23-18(21-22)20-17-12-13-19(4,5)14-15(17)3/h10,12,15,22H,6-9,11,13-14H2,1-5H3,(H,20,21). The van der Waals surface area contributed by atoms with Crippen molar-refractivity contribution >= 4 is 6.02 Å². The van der Waals surface area contributed by atoms with E-state index in [1.54, 1.807) is 0 Å². The molecule has 0 saturated heterocycles. The maximum absolute atomic E-state index is 9.39. The highest BCUT2D eigenvalue weighted by Gasteiger charge is 2.27. The van der Waals surface area contributed by atoms with E-state index in [0.29, 0.717) is 11.3 Å². The summed E-state index contributed by atoms with van der Waals surface area (Å²) in [6, 6.07) is 0.182. The molecule has 0 saturated carbocycles. The van der Waals surface area contributed by atoms with Crippen LogP contribution in [0.4, 0.5) is 0 Å². The van der Waals surface area contributed by atoms with Crippen LogP contribution in [0.5, 0.6) is 0 Å². The molecule has 1 unspecified atom stereocenters. The van der Waals surface area contributed by atoms with Crippen molar-refractivity contribution in [3.05, 3.63) is 23.6 Å². The van der Waals surface area contributed by atoms with Gasteiger partial charge in [-0.1, -0.05) is 53.5 Å². The van der Waals surface area contributed by atoms with Crippen LogP contribution in [0.25, 0.3) is 0 Å². The van der Waals surface area contributed by atoms with Crippen molar-refractivity contribution in [1.82, 2.24) is 5.48 Å². The summed E-state index contributed by atoms with van der Waals surface area (Å²) >= 11 is 0. The lowest BCUT2D eigenvalue weighted by molar-refractivity contribution is 0.193. The maximum Gasteiger partial charge on any atom is 0.319 e. The Balaban J connectivity index is 2.82. The number of hydrogen-bond acceptors (Lipinski definition) is 3. The first kappa shape index (κ1) is 19.8. The number of ether oxygens (including phenoxy) is 1. The van der Waals surface area contributed by atoms with Crippen LogP contribution >= 0.6 is 0 Å². The molecule has 1 rings (SSSR count). The smallest absolute Gasteiger partial charge is 0.319 e. The van der Waals surface area contributed by atoms with Crippen molar-refractivity contribution in [2.24, 2.45) is 16.3 Å². The van der Waals surface area contributed by atoms with E-state index in [0.717, 1.165) is 56.4 Å². The van der Waals surface area contributed by atoms with Gasteiger partial charge < -0.3 is 4.74 Å². The number of nitrogens with zero attached hydrogens (tertiary/aromatic N) is 1. The van der Waals surface area contributed by atoms with Gasteiger partial charge in [0.25, 0.3) is 0 Å². The van der Waals surface area contributed by atoms with Gasteiger partial charge in [0.1, 0.15) is 5.76 Å². The number of amidine groups is 1. The molecule has 0 aromatic heterocycles. The predicted octanol–water partition coefficient (Wildman–Crippen LogP) is 5.55. The van der Waals surface area contributed by atoms with Crippen molar-refractivity contribution in [2.75, 3.05) is 0 Å². The van der Waals surface area contributed by atoms with Gasteiger partial charge in [0.15, 0.2) is 0 Å².